The van der Waals surface area contributed by atoms with Gasteiger partial charge in [-0.1, -0.05) is 0 Å². The minimum Gasteiger partial charge on any atom is -0.465 e. The molecular weight excluding hydrogens is 180 g/mol. The lowest BCUT2D eigenvalue weighted by Crippen LogP contribution is -2.32. The van der Waals surface area contributed by atoms with Gasteiger partial charge in [-0.15, -0.1) is 12.4 Å². The predicted molar refractivity (Wildman–Crippen MR) is 48.9 cm³/mol. The van der Waals surface area contributed by atoms with E-state index in [0.717, 1.165) is 13.0 Å². The highest BCUT2D eigenvalue weighted by Crippen LogP contribution is 2.00. The van der Waals surface area contributed by atoms with Crippen LogP contribution in [0.3, 0.4) is 0 Å². The Kier molecular flexibility index (Phi) is 5.01. The van der Waals surface area contributed by atoms with Crippen LogP contribution in [0.25, 0.3) is 0 Å². The van der Waals surface area contributed by atoms with Gasteiger partial charge in [-0.2, -0.15) is 0 Å². The molecule has 0 aromatic rings. The highest BCUT2D eigenvalue weighted by molar-refractivity contribution is 5.85. The molecule has 1 rings (SSSR count). The molecule has 0 spiro atoms. The fraction of sp³-hybridized carbons (Fsp3) is 0.857. The van der Waals surface area contributed by atoms with Crippen molar-refractivity contribution < 1.29 is 9.90 Å². The van der Waals surface area contributed by atoms with Crippen LogP contribution in [0.5, 0.6) is 0 Å². The maximum absolute atomic E-state index is 10.5. The third-order valence-electron chi connectivity index (χ3n) is 1.98. The van der Waals surface area contributed by atoms with E-state index in [1.165, 1.54) is 4.90 Å². The summed E-state index contributed by atoms with van der Waals surface area (Å²) in [6.45, 7) is 4.11. The first-order valence-corrected chi connectivity index (χ1v) is 3.91. The van der Waals surface area contributed by atoms with Crippen molar-refractivity contribution in [2.24, 2.45) is 0 Å². The van der Waals surface area contributed by atoms with Crippen LogP contribution in [0.15, 0.2) is 0 Å². The lowest BCUT2D eigenvalue weighted by Gasteiger charge is -2.14. The first-order chi connectivity index (χ1) is 5.20. The second-order valence-electron chi connectivity index (χ2n) is 2.91. The van der Waals surface area contributed by atoms with Crippen molar-refractivity contribution in [1.29, 1.82) is 0 Å². The Morgan fingerprint density at radius 3 is 2.83 bits per heavy atom. The second-order valence-corrected chi connectivity index (χ2v) is 2.91. The van der Waals surface area contributed by atoms with Gasteiger partial charge < -0.3 is 15.3 Å². The number of hydrogen-bond donors (Lipinski definition) is 2. The van der Waals surface area contributed by atoms with Crippen LogP contribution in [0.1, 0.15) is 13.3 Å². The quantitative estimate of drug-likeness (QED) is 0.599. The largest absolute Gasteiger partial charge is 0.465 e. The third kappa shape index (κ3) is 3.28. The summed E-state index contributed by atoms with van der Waals surface area (Å²) in [6.07, 6.45) is 0.104. The van der Waals surface area contributed by atoms with Gasteiger partial charge in [-0.25, -0.2) is 4.79 Å². The molecule has 0 aliphatic carbocycles. The molecule has 2 N–H and O–H groups in total. The molecule has 0 aromatic heterocycles. The van der Waals surface area contributed by atoms with Gasteiger partial charge >= 0.3 is 6.09 Å². The summed E-state index contributed by atoms with van der Waals surface area (Å²) >= 11 is 0. The minimum absolute atomic E-state index is 0. The van der Waals surface area contributed by atoms with Crippen LogP contribution in [-0.2, 0) is 0 Å². The fourth-order valence-electron chi connectivity index (χ4n) is 1.20. The zero-order valence-corrected chi connectivity index (χ0v) is 7.93. The molecule has 1 unspecified atom stereocenters. The smallest absolute Gasteiger partial charge is 0.407 e. The Labute approximate surface area is 78.3 Å². The Hall–Kier alpha value is -0.480. The van der Waals surface area contributed by atoms with Crippen molar-refractivity contribution in [2.75, 3.05) is 19.6 Å². The van der Waals surface area contributed by atoms with Crippen molar-refractivity contribution in [3.8, 4) is 0 Å². The van der Waals surface area contributed by atoms with Crippen LogP contribution in [-0.4, -0.2) is 41.8 Å². The molecule has 1 aliphatic rings. The maximum Gasteiger partial charge on any atom is 0.407 e. The first-order valence-electron chi connectivity index (χ1n) is 3.91. The Morgan fingerprint density at radius 2 is 2.25 bits per heavy atom. The molecule has 1 saturated heterocycles. The summed E-state index contributed by atoms with van der Waals surface area (Å²) in [5, 5.41) is 11.9. The van der Waals surface area contributed by atoms with Crippen molar-refractivity contribution in [2.45, 2.75) is 19.4 Å². The Morgan fingerprint density at radius 1 is 1.58 bits per heavy atom. The molecule has 4 nitrogen and oxygen atoms in total. The molecule has 5 heteroatoms. The van der Waals surface area contributed by atoms with E-state index in [9.17, 15) is 4.79 Å². The van der Waals surface area contributed by atoms with E-state index >= 15 is 0 Å². The lowest BCUT2D eigenvalue weighted by atomic mass is 10.2. The first kappa shape index (κ1) is 11.5. The van der Waals surface area contributed by atoms with Crippen LogP contribution in [0.4, 0.5) is 4.79 Å². The fourth-order valence-corrected chi connectivity index (χ4v) is 1.20. The van der Waals surface area contributed by atoms with E-state index < -0.39 is 6.09 Å². The van der Waals surface area contributed by atoms with Gasteiger partial charge in [0.05, 0.1) is 0 Å². The Bertz CT molecular complexity index is 154. The summed E-state index contributed by atoms with van der Waals surface area (Å²) in [5.74, 6) is 0. The van der Waals surface area contributed by atoms with Gasteiger partial charge in [0.15, 0.2) is 0 Å². The number of hydrogen-bond acceptors (Lipinski definition) is 2. The average Bonchev–Trinajstić information content (AvgIpc) is 2.13. The summed E-state index contributed by atoms with van der Waals surface area (Å²) in [6, 6.07) is 0.444. The van der Waals surface area contributed by atoms with E-state index in [1.54, 1.807) is 0 Å². The van der Waals surface area contributed by atoms with Gasteiger partial charge in [-0.3, -0.25) is 0 Å². The maximum atomic E-state index is 10.5. The minimum atomic E-state index is -0.805. The molecule has 0 aromatic carbocycles. The molecule has 1 fully saturated rings. The van der Waals surface area contributed by atoms with Crippen LogP contribution in [0, 0.1) is 0 Å². The van der Waals surface area contributed by atoms with Crippen molar-refractivity contribution in [3.63, 3.8) is 0 Å². The predicted octanol–water partition coefficient (Wildman–Crippen LogP) is 0.770. The number of rotatable bonds is 0. The zero-order chi connectivity index (χ0) is 8.27. The molecule has 0 saturated carbocycles. The monoisotopic (exact) mass is 194 g/mol. The molecule has 72 valence electrons. The molecule has 12 heavy (non-hydrogen) atoms. The molecule has 1 aliphatic heterocycles. The number of halogens is 1. The van der Waals surface area contributed by atoms with Crippen LogP contribution < -0.4 is 5.32 Å². The van der Waals surface area contributed by atoms with Crippen molar-refractivity contribution >= 4 is 18.5 Å². The molecule has 0 radical (unpaired) electrons. The number of carboxylic acid groups (broad SMARTS) is 1. The van der Waals surface area contributed by atoms with Gasteiger partial charge in [0.2, 0.25) is 0 Å². The topological polar surface area (TPSA) is 52.6 Å². The molecule has 1 heterocycles. The van der Waals surface area contributed by atoms with Gasteiger partial charge in [0, 0.05) is 25.7 Å². The molecular formula is C7H15ClN2O2. The van der Waals surface area contributed by atoms with Gasteiger partial charge in [0.25, 0.3) is 0 Å². The van der Waals surface area contributed by atoms with Gasteiger partial charge in [0.1, 0.15) is 0 Å². The van der Waals surface area contributed by atoms with E-state index in [-0.39, 0.29) is 12.4 Å². The van der Waals surface area contributed by atoms with Crippen molar-refractivity contribution in [3.05, 3.63) is 0 Å². The standard InChI is InChI=1S/C7H14N2O2.ClH/c1-6-2-4-9(7(10)11)5-3-8-6;/h6,8H,2-5H2,1H3,(H,10,11);1H. The van der Waals surface area contributed by atoms with E-state index in [4.69, 9.17) is 5.11 Å². The number of carbonyl (C=O) groups is 1. The van der Waals surface area contributed by atoms with E-state index in [0.29, 0.717) is 19.1 Å². The lowest BCUT2D eigenvalue weighted by molar-refractivity contribution is 0.148. The van der Waals surface area contributed by atoms with Crippen molar-refractivity contribution in [1.82, 2.24) is 10.2 Å². The van der Waals surface area contributed by atoms with Crippen LogP contribution in [0.2, 0.25) is 0 Å². The molecule has 1 amide bonds. The molecule has 0 bridgehead atoms. The summed E-state index contributed by atoms with van der Waals surface area (Å²) in [5.41, 5.74) is 0. The third-order valence-corrected chi connectivity index (χ3v) is 1.98. The summed E-state index contributed by atoms with van der Waals surface area (Å²) in [7, 11) is 0. The number of nitrogens with zero attached hydrogens (tertiary/aromatic N) is 1. The SMILES string of the molecule is CC1CCN(C(=O)O)CCN1.Cl. The molecule has 1 atom stereocenters. The van der Waals surface area contributed by atoms with E-state index in [1.807, 2.05) is 0 Å². The number of amides is 1. The second kappa shape index (κ2) is 5.22. The summed E-state index contributed by atoms with van der Waals surface area (Å²) < 4.78 is 0. The number of nitrogens with one attached hydrogen (secondary N) is 1. The average molecular weight is 195 g/mol. The zero-order valence-electron chi connectivity index (χ0n) is 7.12. The van der Waals surface area contributed by atoms with E-state index in [2.05, 4.69) is 12.2 Å². The normalized spacial score (nSPS) is 24.1. The summed E-state index contributed by atoms with van der Waals surface area (Å²) in [4.78, 5) is 12.0. The van der Waals surface area contributed by atoms with Gasteiger partial charge in [-0.05, 0) is 13.3 Å². The van der Waals surface area contributed by atoms with Crippen LogP contribution >= 0.6 is 12.4 Å². The highest BCUT2D eigenvalue weighted by atomic mass is 35.5. The highest BCUT2D eigenvalue weighted by Gasteiger charge is 2.15. The Balaban J connectivity index is 0.00000121.